The molecule has 0 amide bonds. The Bertz CT molecular complexity index is 229. The average Bonchev–Trinajstić information content (AvgIpc) is 2.19. The van der Waals surface area contributed by atoms with E-state index in [1.54, 1.807) is 13.8 Å². The van der Waals surface area contributed by atoms with Gasteiger partial charge in [0.1, 0.15) is 18.5 Å². The van der Waals surface area contributed by atoms with Crippen LogP contribution in [0.1, 0.15) is 33.1 Å². The second kappa shape index (κ2) is 3.99. The fraction of sp³-hybridized carbons (Fsp3) is 1.00. The van der Waals surface area contributed by atoms with E-state index in [4.69, 9.17) is 0 Å². The highest BCUT2D eigenvalue weighted by atomic mass is 19.2. The number of fused-ring (bicyclic) bond motifs is 1. The van der Waals surface area contributed by atoms with E-state index in [0.29, 0.717) is 19.3 Å². The maximum absolute atomic E-state index is 13.8. The molecule has 0 nitrogen and oxygen atoms in total. The first-order valence-electron chi connectivity index (χ1n) is 5.93. The number of rotatable bonds is 0. The molecule has 0 spiro atoms. The molecule has 0 aliphatic heterocycles. The van der Waals surface area contributed by atoms with Crippen molar-refractivity contribution in [2.45, 2.75) is 51.6 Å². The molecule has 0 radical (unpaired) electrons. The molecule has 3 heteroatoms. The fourth-order valence-corrected chi connectivity index (χ4v) is 3.28. The summed E-state index contributed by atoms with van der Waals surface area (Å²) in [5.41, 5.74) is 0. The van der Waals surface area contributed by atoms with Crippen molar-refractivity contribution >= 4 is 0 Å². The van der Waals surface area contributed by atoms with E-state index < -0.39 is 18.5 Å². The van der Waals surface area contributed by atoms with Crippen molar-refractivity contribution in [2.75, 3.05) is 0 Å². The lowest BCUT2D eigenvalue weighted by atomic mass is 9.63. The van der Waals surface area contributed by atoms with Crippen molar-refractivity contribution in [3.05, 3.63) is 0 Å². The van der Waals surface area contributed by atoms with Gasteiger partial charge in [0.2, 0.25) is 0 Å². The van der Waals surface area contributed by atoms with Gasteiger partial charge in [0.15, 0.2) is 0 Å². The summed E-state index contributed by atoms with van der Waals surface area (Å²) in [6.45, 7) is 3.54. The van der Waals surface area contributed by atoms with Crippen molar-refractivity contribution in [3.63, 3.8) is 0 Å². The number of halogens is 3. The second-order valence-electron chi connectivity index (χ2n) is 5.49. The van der Waals surface area contributed by atoms with E-state index in [1.165, 1.54) is 0 Å². The van der Waals surface area contributed by atoms with Gasteiger partial charge in [0.05, 0.1) is 0 Å². The summed E-state index contributed by atoms with van der Waals surface area (Å²) in [4.78, 5) is 0. The predicted octanol–water partition coefficient (Wildman–Crippen LogP) is 3.70. The van der Waals surface area contributed by atoms with Gasteiger partial charge in [0.25, 0.3) is 0 Å². The molecule has 0 aromatic rings. The molecule has 2 saturated carbocycles. The van der Waals surface area contributed by atoms with Gasteiger partial charge in [-0.2, -0.15) is 0 Å². The van der Waals surface area contributed by atoms with Gasteiger partial charge >= 0.3 is 0 Å². The first kappa shape index (κ1) is 11.3. The third-order valence-corrected chi connectivity index (χ3v) is 4.33. The van der Waals surface area contributed by atoms with E-state index in [-0.39, 0.29) is 23.7 Å². The van der Waals surface area contributed by atoms with Gasteiger partial charge in [-0.3, -0.25) is 0 Å². The van der Waals surface area contributed by atoms with Gasteiger partial charge in [-0.1, -0.05) is 13.8 Å². The lowest BCUT2D eigenvalue weighted by molar-refractivity contribution is -0.0535. The van der Waals surface area contributed by atoms with Crippen LogP contribution in [0.3, 0.4) is 0 Å². The number of hydrogen-bond acceptors (Lipinski definition) is 0. The minimum Gasteiger partial charge on any atom is -0.247 e. The summed E-state index contributed by atoms with van der Waals surface area (Å²) in [7, 11) is 0. The molecular formula is C12H19F3. The maximum atomic E-state index is 13.8. The topological polar surface area (TPSA) is 0 Å². The van der Waals surface area contributed by atoms with Crippen LogP contribution >= 0.6 is 0 Å². The first-order chi connectivity index (χ1) is 7.00. The van der Waals surface area contributed by atoms with E-state index in [0.717, 1.165) is 0 Å². The van der Waals surface area contributed by atoms with E-state index >= 15 is 0 Å². The minimum atomic E-state index is -1.37. The molecule has 0 bridgehead atoms. The molecule has 15 heavy (non-hydrogen) atoms. The summed E-state index contributed by atoms with van der Waals surface area (Å²) in [6.07, 6.45) is -1.92. The molecule has 88 valence electrons. The van der Waals surface area contributed by atoms with Gasteiger partial charge in [-0.05, 0) is 42.9 Å². The number of hydrogen-bond donors (Lipinski definition) is 0. The molecule has 2 rings (SSSR count). The normalized spacial score (nSPS) is 56.2. The molecule has 0 N–H and O–H groups in total. The Hall–Kier alpha value is -0.210. The van der Waals surface area contributed by atoms with E-state index in [1.807, 2.05) is 0 Å². The Labute approximate surface area is 89.2 Å². The largest absolute Gasteiger partial charge is 0.247 e. The quantitative estimate of drug-likeness (QED) is 0.584. The Balaban J connectivity index is 2.11. The lowest BCUT2D eigenvalue weighted by Crippen LogP contribution is -2.47. The fourth-order valence-electron chi connectivity index (χ4n) is 3.28. The maximum Gasteiger partial charge on any atom is 0.134 e. The molecule has 0 aromatic carbocycles. The molecule has 7 unspecified atom stereocenters. The summed E-state index contributed by atoms with van der Waals surface area (Å²) in [6, 6.07) is 0. The molecule has 0 saturated heterocycles. The highest BCUT2D eigenvalue weighted by molar-refractivity contribution is 4.96. The molecule has 0 aromatic heterocycles. The third-order valence-electron chi connectivity index (χ3n) is 4.33. The van der Waals surface area contributed by atoms with Crippen LogP contribution in [0.2, 0.25) is 0 Å². The monoisotopic (exact) mass is 220 g/mol. The predicted molar refractivity (Wildman–Crippen MR) is 53.8 cm³/mol. The summed E-state index contributed by atoms with van der Waals surface area (Å²) < 4.78 is 40.7. The van der Waals surface area contributed by atoms with Crippen LogP contribution in [0.15, 0.2) is 0 Å². The molecule has 2 aliphatic carbocycles. The van der Waals surface area contributed by atoms with Crippen molar-refractivity contribution < 1.29 is 13.2 Å². The van der Waals surface area contributed by atoms with Crippen molar-refractivity contribution in [2.24, 2.45) is 23.7 Å². The molecular weight excluding hydrogens is 201 g/mol. The van der Waals surface area contributed by atoms with Crippen molar-refractivity contribution in [3.8, 4) is 0 Å². The molecule has 2 fully saturated rings. The van der Waals surface area contributed by atoms with Crippen molar-refractivity contribution in [1.29, 1.82) is 0 Å². The zero-order valence-corrected chi connectivity index (χ0v) is 9.30. The Morgan fingerprint density at radius 3 is 2.13 bits per heavy atom. The Morgan fingerprint density at radius 2 is 1.47 bits per heavy atom. The highest BCUT2D eigenvalue weighted by Gasteiger charge is 2.48. The number of alkyl halides is 3. The standard InChI is InChI=1S/C12H19F3/c1-6-4-9-8(5-10(6)13)3-7(2)11(14)12(9)15/h6-12H,3-5H2,1-2H3. The zero-order valence-electron chi connectivity index (χ0n) is 9.30. The van der Waals surface area contributed by atoms with Crippen LogP contribution < -0.4 is 0 Å². The summed E-state index contributed by atoms with van der Waals surface area (Å²) >= 11 is 0. The van der Waals surface area contributed by atoms with Gasteiger partial charge in [-0.25, -0.2) is 13.2 Å². The van der Waals surface area contributed by atoms with Gasteiger partial charge in [0, 0.05) is 0 Å². The first-order valence-corrected chi connectivity index (χ1v) is 5.93. The molecule has 0 heterocycles. The van der Waals surface area contributed by atoms with E-state index in [2.05, 4.69) is 0 Å². The highest BCUT2D eigenvalue weighted by Crippen LogP contribution is 2.47. The summed E-state index contributed by atoms with van der Waals surface area (Å²) in [5.74, 6) is -0.529. The Kier molecular flexibility index (Phi) is 3.00. The lowest BCUT2D eigenvalue weighted by Gasteiger charge is -2.45. The second-order valence-corrected chi connectivity index (χ2v) is 5.49. The van der Waals surface area contributed by atoms with Crippen LogP contribution in [0.25, 0.3) is 0 Å². The van der Waals surface area contributed by atoms with E-state index in [9.17, 15) is 13.2 Å². The molecule has 2 aliphatic rings. The van der Waals surface area contributed by atoms with Crippen LogP contribution in [-0.4, -0.2) is 18.5 Å². The van der Waals surface area contributed by atoms with Crippen molar-refractivity contribution in [1.82, 2.24) is 0 Å². The Morgan fingerprint density at radius 1 is 0.800 bits per heavy atom. The van der Waals surface area contributed by atoms with Crippen LogP contribution in [0, 0.1) is 23.7 Å². The molecule has 7 atom stereocenters. The van der Waals surface area contributed by atoms with Gasteiger partial charge in [-0.15, -0.1) is 0 Å². The summed E-state index contributed by atoms with van der Waals surface area (Å²) in [5, 5.41) is 0. The van der Waals surface area contributed by atoms with Gasteiger partial charge < -0.3 is 0 Å². The zero-order chi connectivity index (χ0) is 11.2. The SMILES string of the molecule is CC1CC2C(CC(C)C(F)C2F)CC1F. The van der Waals surface area contributed by atoms with Crippen LogP contribution in [0.5, 0.6) is 0 Å². The van der Waals surface area contributed by atoms with Crippen LogP contribution in [-0.2, 0) is 0 Å². The third kappa shape index (κ3) is 1.90. The van der Waals surface area contributed by atoms with Crippen LogP contribution in [0.4, 0.5) is 13.2 Å². The average molecular weight is 220 g/mol. The smallest absolute Gasteiger partial charge is 0.134 e. The minimum absolute atomic E-state index is 0.0631.